The highest BCUT2D eigenvalue weighted by atomic mass is 16.6. The summed E-state index contributed by atoms with van der Waals surface area (Å²) in [5.74, 6) is 0.0534. The first-order chi connectivity index (χ1) is 12.5. The maximum atomic E-state index is 13.1. The minimum Gasteiger partial charge on any atom is -0.377 e. The van der Waals surface area contributed by atoms with E-state index in [1.807, 2.05) is 35.4 Å². The zero-order valence-electron chi connectivity index (χ0n) is 15.5. The van der Waals surface area contributed by atoms with Crippen molar-refractivity contribution in [1.82, 2.24) is 14.8 Å². The SMILES string of the molecule is CN(C)C[C@@H]1CC[C@]2(COCCN(C(=O)c3ccc4[nH]ccc4c3)C2)O1. The number of ether oxygens (including phenoxy) is 2. The lowest BCUT2D eigenvalue weighted by molar-refractivity contribution is -0.0878. The van der Waals surface area contributed by atoms with E-state index in [0.29, 0.717) is 26.3 Å². The topological polar surface area (TPSA) is 57.8 Å². The van der Waals surface area contributed by atoms with E-state index in [-0.39, 0.29) is 17.6 Å². The van der Waals surface area contributed by atoms with Crippen LogP contribution in [0.2, 0.25) is 0 Å². The van der Waals surface area contributed by atoms with Crippen molar-refractivity contribution < 1.29 is 14.3 Å². The number of aromatic amines is 1. The molecule has 0 aliphatic carbocycles. The van der Waals surface area contributed by atoms with Gasteiger partial charge >= 0.3 is 0 Å². The maximum Gasteiger partial charge on any atom is 0.254 e. The molecule has 0 bridgehead atoms. The second-order valence-corrected chi connectivity index (χ2v) is 7.78. The smallest absolute Gasteiger partial charge is 0.254 e. The van der Waals surface area contributed by atoms with E-state index in [1.54, 1.807) is 0 Å². The second-order valence-electron chi connectivity index (χ2n) is 7.78. The first-order valence-corrected chi connectivity index (χ1v) is 9.31. The van der Waals surface area contributed by atoms with Crippen molar-refractivity contribution in [1.29, 1.82) is 0 Å². The molecule has 2 aliphatic rings. The molecule has 1 aromatic heterocycles. The fourth-order valence-electron chi connectivity index (χ4n) is 4.10. The number of carbonyl (C=O) groups excluding carboxylic acids is 1. The van der Waals surface area contributed by atoms with Crippen molar-refractivity contribution in [3.63, 3.8) is 0 Å². The maximum absolute atomic E-state index is 13.1. The molecule has 2 aliphatic heterocycles. The van der Waals surface area contributed by atoms with E-state index in [2.05, 4.69) is 24.0 Å². The van der Waals surface area contributed by atoms with Gasteiger partial charge in [-0.2, -0.15) is 0 Å². The third kappa shape index (κ3) is 3.49. The molecule has 2 aromatic rings. The number of fused-ring (bicyclic) bond motifs is 1. The number of benzene rings is 1. The molecule has 0 radical (unpaired) electrons. The predicted octanol–water partition coefficient (Wildman–Crippen LogP) is 2.12. The van der Waals surface area contributed by atoms with E-state index in [9.17, 15) is 4.79 Å². The van der Waals surface area contributed by atoms with Gasteiger partial charge < -0.3 is 24.3 Å². The first-order valence-electron chi connectivity index (χ1n) is 9.31. The molecular formula is C20H27N3O3. The van der Waals surface area contributed by atoms with Crippen LogP contribution >= 0.6 is 0 Å². The van der Waals surface area contributed by atoms with Gasteiger partial charge in [0.05, 0.1) is 25.9 Å². The van der Waals surface area contributed by atoms with Crippen LogP contribution in [0.25, 0.3) is 10.9 Å². The predicted molar refractivity (Wildman–Crippen MR) is 100 cm³/mol. The Morgan fingerprint density at radius 2 is 2.27 bits per heavy atom. The van der Waals surface area contributed by atoms with Crippen molar-refractivity contribution >= 4 is 16.8 Å². The number of carbonyl (C=O) groups is 1. The third-order valence-corrected chi connectivity index (χ3v) is 5.34. The van der Waals surface area contributed by atoms with E-state index < -0.39 is 0 Å². The summed E-state index contributed by atoms with van der Waals surface area (Å²) < 4.78 is 12.2. The normalized spacial score (nSPS) is 26.7. The van der Waals surface area contributed by atoms with Crippen molar-refractivity contribution in [3.05, 3.63) is 36.0 Å². The van der Waals surface area contributed by atoms with Crippen LogP contribution in [-0.2, 0) is 9.47 Å². The van der Waals surface area contributed by atoms with Crippen molar-refractivity contribution in [2.24, 2.45) is 0 Å². The Kier molecular flexibility index (Phi) is 4.73. The fourth-order valence-corrected chi connectivity index (χ4v) is 4.10. The number of hydrogen-bond acceptors (Lipinski definition) is 4. The van der Waals surface area contributed by atoms with Crippen LogP contribution in [0.3, 0.4) is 0 Å². The lowest BCUT2D eigenvalue weighted by atomic mass is 9.99. The number of aromatic nitrogens is 1. The van der Waals surface area contributed by atoms with Crippen LogP contribution in [0.1, 0.15) is 23.2 Å². The van der Waals surface area contributed by atoms with E-state index in [4.69, 9.17) is 9.47 Å². The van der Waals surface area contributed by atoms with Gasteiger partial charge in [0.25, 0.3) is 5.91 Å². The van der Waals surface area contributed by atoms with Gasteiger partial charge in [0.2, 0.25) is 0 Å². The van der Waals surface area contributed by atoms with Gasteiger partial charge in [-0.1, -0.05) is 0 Å². The highest BCUT2D eigenvalue weighted by Gasteiger charge is 2.44. The molecular weight excluding hydrogens is 330 g/mol. The number of H-pyrrole nitrogens is 1. The molecule has 0 saturated carbocycles. The fraction of sp³-hybridized carbons (Fsp3) is 0.550. The van der Waals surface area contributed by atoms with Crippen LogP contribution in [0, 0.1) is 0 Å². The molecule has 0 unspecified atom stereocenters. The van der Waals surface area contributed by atoms with Crippen molar-refractivity contribution in [2.75, 3.05) is 46.9 Å². The summed E-state index contributed by atoms with van der Waals surface area (Å²) in [6, 6.07) is 7.80. The number of amides is 1. The average molecular weight is 357 g/mol. The highest BCUT2D eigenvalue weighted by Crippen LogP contribution is 2.33. The zero-order valence-corrected chi connectivity index (χ0v) is 15.5. The summed E-state index contributed by atoms with van der Waals surface area (Å²) in [5, 5.41) is 1.06. The van der Waals surface area contributed by atoms with Crippen LogP contribution < -0.4 is 0 Å². The molecule has 2 atom stereocenters. The molecule has 1 aromatic carbocycles. The van der Waals surface area contributed by atoms with Crippen LogP contribution in [0.4, 0.5) is 0 Å². The minimum atomic E-state index is -0.370. The lowest BCUT2D eigenvalue weighted by Crippen LogP contribution is -2.47. The number of likely N-dealkylation sites (N-methyl/N-ethyl adjacent to an activating group) is 1. The Morgan fingerprint density at radius 3 is 3.12 bits per heavy atom. The largest absolute Gasteiger partial charge is 0.377 e. The summed E-state index contributed by atoms with van der Waals surface area (Å²) in [6.07, 6.45) is 4.05. The van der Waals surface area contributed by atoms with Crippen LogP contribution in [-0.4, -0.2) is 79.3 Å². The number of nitrogens with one attached hydrogen (secondary N) is 1. The van der Waals surface area contributed by atoms with Gasteiger partial charge in [0, 0.05) is 35.8 Å². The Labute approximate surface area is 154 Å². The van der Waals surface area contributed by atoms with Crippen LogP contribution in [0.15, 0.2) is 30.5 Å². The molecule has 140 valence electrons. The first kappa shape index (κ1) is 17.5. The molecule has 6 nitrogen and oxygen atoms in total. The average Bonchev–Trinajstić information content (AvgIpc) is 3.17. The molecule has 4 rings (SSSR count). The molecule has 2 fully saturated rings. The van der Waals surface area contributed by atoms with Gasteiger partial charge in [-0.3, -0.25) is 4.79 Å². The number of rotatable bonds is 3. The monoisotopic (exact) mass is 357 g/mol. The Balaban J connectivity index is 1.51. The lowest BCUT2D eigenvalue weighted by Gasteiger charge is -2.32. The number of nitrogens with zero attached hydrogens (tertiary/aromatic N) is 2. The zero-order chi connectivity index (χ0) is 18.1. The molecule has 1 N–H and O–H groups in total. The van der Waals surface area contributed by atoms with Gasteiger partial charge in [-0.25, -0.2) is 0 Å². The Bertz CT molecular complexity index is 787. The quantitative estimate of drug-likeness (QED) is 0.914. The molecule has 1 spiro atoms. The summed E-state index contributed by atoms with van der Waals surface area (Å²) in [5.41, 5.74) is 1.39. The number of hydrogen-bond donors (Lipinski definition) is 1. The molecule has 3 heterocycles. The summed E-state index contributed by atoms with van der Waals surface area (Å²) >= 11 is 0. The Morgan fingerprint density at radius 1 is 1.38 bits per heavy atom. The minimum absolute atomic E-state index is 0.0534. The van der Waals surface area contributed by atoms with Crippen molar-refractivity contribution in [3.8, 4) is 0 Å². The van der Waals surface area contributed by atoms with Gasteiger partial charge in [0.1, 0.15) is 5.60 Å². The summed E-state index contributed by atoms with van der Waals surface area (Å²) in [4.78, 5) is 20.3. The molecule has 2 saturated heterocycles. The van der Waals surface area contributed by atoms with Crippen LogP contribution in [0.5, 0.6) is 0 Å². The van der Waals surface area contributed by atoms with Gasteiger partial charge in [0.15, 0.2) is 0 Å². The van der Waals surface area contributed by atoms with E-state index in [0.717, 1.165) is 35.9 Å². The summed E-state index contributed by atoms with van der Waals surface area (Å²) in [6.45, 7) is 3.23. The molecule has 6 heteroatoms. The third-order valence-electron chi connectivity index (χ3n) is 5.34. The molecule has 1 amide bonds. The van der Waals surface area contributed by atoms with Crippen molar-refractivity contribution in [2.45, 2.75) is 24.5 Å². The standard InChI is InChI=1S/C20H27N3O3/c1-22(2)12-17-5-7-20(26-17)13-23(9-10-25-14-20)19(24)16-3-4-18-15(11-16)6-8-21-18/h3-4,6,8,11,17,21H,5,7,9-10,12-14H2,1-2H3/t17-,20-/m0/s1. The Hall–Kier alpha value is -1.89. The van der Waals surface area contributed by atoms with Gasteiger partial charge in [-0.15, -0.1) is 0 Å². The summed E-state index contributed by atoms with van der Waals surface area (Å²) in [7, 11) is 4.12. The van der Waals surface area contributed by atoms with Gasteiger partial charge in [-0.05, 0) is 51.2 Å². The highest BCUT2D eigenvalue weighted by molar-refractivity contribution is 5.98. The second kappa shape index (κ2) is 7.02. The van der Waals surface area contributed by atoms with E-state index in [1.165, 1.54) is 0 Å². The van der Waals surface area contributed by atoms with E-state index >= 15 is 0 Å². The molecule has 26 heavy (non-hydrogen) atoms.